The number of fused-ring (bicyclic) bond motifs is 1. The summed E-state index contributed by atoms with van der Waals surface area (Å²) >= 11 is 0. The second-order valence-corrected chi connectivity index (χ2v) is 4.72. The summed E-state index contributed by atoms with van der Waals surface area (Å²) < 4.78 is 13.5. The van der Waals surface area contributed by atoms with Crippen LogP contribution in [-0.4, -0.2) is 18.5 Å². The predicted octanol–water partition coefficient (Wildman–Crippen LogP) is 1.05. The van der Waals surface area contributed by atoms with Crippen LogP contribution in [0.2, 0.25) is 0 Å². The van der Waals surface area contributed by atoms with Crippen molar-refractivity contribution in [1.29, 1.82) is 0 Å². The highest BCUT2D eigenvalue weighted by molar-refractivity contribution is 5.92. The summed E-state index contributed by atoms with van der Waals surface area (Å²) in [6.45, 7) is 2.25. The first-order valence-corrected chi connectivity index (χ1v) is 6.35. The molecule has 0 saturated heterocycles. The fraction of sp³-hybridized carbons (Fsp3) is 0.286. The highest BCUT2D eigenvalue weighted by atomic mass is 19.1. The molecule has 6 N–H and O–H groups in total. The average molecular weight is 275 g/mol. The quantitative estimate of drug-likeness (QED) is 0.567. The van der Waals surface area contributed by atoms with Crippen molar-refractivity contribution < 1.29 is 4.39 Å². The molecule has 0 fully saturated rings. The first-order chi connectivity index (χ1) is 9.47. The Labute approximate surface area is 117 Å². The van der Waals surface area contributed by atoms with Gasteiger partial charge in [0.25, 0.3) is 0 Å². The summed E-state index contributed by atoms with van der Waals surface area (Å²) in [5.41, 5.74) is 19.9. The minimum atomic E-state index is -0.159. The minimum Gasteiger partial charge on any atom is -0.370 e. The van der Waals surface area contributed by atoms with Gasteiger partial charge in [0.1, 0.15) is 5.82 Å². The second kappa shape index (κ2) is 5.73. The Morgan fingerprint density at radius 2 is 2.05 bits per heavy atom. The molecule has 5 nitrogen and oxygen atoms in total. The molecule has 0 aromatic heterocycles. The Morgan fingerprint density at radius 1 is 1.30 bits per heavy atom. The van der Waals surface area contributed by atoms with E-state index in [0.717, 1.165) is 29.5 Å². The van der Waals surface area contributed by atoms with E-state index in [9.17, 15) is 4.39 Å². The zero-order valence-electron chi connectivity index (χ0n) is 11.4. The maximum absolute atomic E-state index is 13.5. The van der Waals surface area contributed by atoms with E-state index in [-0.39, 0.29) is 17.7 Å². The number of rotatable bonds is 3. The second-order valence-electron chi connectivity index (χ2n) is 4.72. The molecule has 0 bridgehead atoms. The van der Waals surface area contributed by atoms with Crippen molar-refractivity contribution in [3.05, 3.63) is 40.7 Å². The van der Waals surface area contributed by atoms with Gasteiger partial charge in [-0.05, 0) is 54.2 Å². The molecule has 0 amide bonds. The average Bonchev–Trinajstić information content (AvgIpc) is 2.72. The molecule has 1 aromatic carbocycles. The summed E-state index contributed by atoms with van der Waals surface area (Å²) in [6, 6.07) is 3.48. The van der Waals surface area contributed by atoms with Crippen LogP contribution in [0.3, 0.4) is 0 Å². The number of nitrogens with two attached hydrogens (primary N) is 3. The van der Waals surface area contributed by atoms with Gasteiger partial charge in [0.05, 0.1) is 0 Å². The third-order valence-electron chi connectivity index (χ3n) is 3.20. The maximum Gasteiger partial charge on any atom is 0.218 e. The first-order valence-electron chi connectivity index (χ1n) is 6.35. The predicted molar refractivity (Wildman–Crippen MR) is 79.7 cm³/mol. The molecule has 6 heteroatoms. The van der Waals surface area contributed by atoms with Crippen molar-refractivity contribution in [3.63, 3.8) is 0 Å². The van der Waals surface area contributed by atoms with Crippen LogP contribution in [0.25, 0.3) is 5.57 Å². The highest BCUT2D eigenvalue weighted by Crippen LogP contribution is 2.31. The Balaban J connectivity index is 2.05. The molecule has 0 saturated carbocycles. The van der Waals surface area contributed by atoms with E-state index in [1.165, 1.54) is 0 Å². The number of hydrogen-bond donors (Lipinski definition) is 3. The third kappa shape index (κ3) is 3.14. The standard InChI is InChI=1S/C14H18FN5/c1-8-6-11-9(2-3-10(11)7-12(8)15)4-5-19-14(18)20-13(16)17/h2,6-7H,3-5H2,1H3,(H6,16,17,18,19,20). The van der Waals surface area contributed by atoms with E-state index in [2.05, 4.69) is 16.1 Å². The summed E-state index contributed by atoms with van der Waals surface area (Å²) in [7, 11) is 0. The number of guanidine groups is 2. The van der Waals surface area contributed by atoms with Crippen molar-refractivity contribution in [3.8, 4) is 0 Å². The fourth-order valence-electron chi connectivity index (χ4n) is 2.23. The molecular formula is C14H18FN5. The molecule has 2 rings (SSSR count). The normalized spacial score (nSPS) is 13.9. The van der Waals surface area contributed by atoms with Gasteiger partial charge >= 0.3 is 0 Å². The SMILES string of the molecule is Cc1cc2c(cc1F)CC=C2CCN=C(N)N=C(N)N. The van der Waals surface area contributed by atoms with Crippen LogP contribution in [0.15, 0.2) is 28.2 Å². The lowest BCUT2D eigenvalue weighted by Gasteiger charge is -2.07. The summed E-state index contributed by atoms with van der Waals surface area (Å²) in [5, 5.41) is 0. The highest BCUT2D eigenvalue weighted by Gasteiger charge is 2.15. The Bertz CT molecular complexity index is 612. The lowest BCUT2D eigenvalue weighted by atomic mass is 10.0. The van der Waals surface area contributed by atoms with Gasteiger partial charge in [0, 0.05) is 6.54 Å². The monoisotopic (exact) mass is 275 g/mol. The van der Waals surface area contributed by atoms with E-state index < -0.39 is 0 Å². The zero-order valence-corrected chi connectivity index (χ0v) is 11.4. The first kappa shape index (κ1) is 14.0. The van der Waals surface area contributed by atoms with Crippen molar-refractivity contribution in [2.75, 3.05) is 6.54 Å². The lowest BCUT2D eigenvalue weighted by molar-refractivity contribution is 0.617. The van der Waals surface area contributed by atoms with Crippen LogP contribution in [0.5, 0.6) is 0 Å². The summed E-state index contributed by atoms with van der Waals surface area (Å²) in [4.78, 5) is 7.72. The van der Waals surface area contributed by atoms with Gasteiger partial charge in [-0.1, -0.05) is 6.08 Å². The van der Waals surface area contributed by atoms with Gasteiger partial charge < -0.3 is 17.2 Å². The van der Waals surface area contributed by atoms with Gasteiger partial charge in [0.2, 0.25) is 5.96 Å². The van der Waals surface area contributed by atoms with Crippen LogP contribution < -0.4 is 17.2 Å². The lowest BCUT2D eigenvalue weighted by Crippen LogP contribution is -2.26. The molecule has 20 heavy (non-hydrogen) atoms. The van der Waals surface area contributed by atoms with Crippen molar-refractivity contribution in [2.45, 2.75) is 19.8 Å². The van der Waals surface area contributed by atoms with Crippen LogP contribution in [0.1, 0.15) is 23.1 Å². The van der Waals surface area contributed by atoms with Gasteiger partial charge in [0.15, 0.2) is 5.96 Å². The largest absolute Gasteiger partial charge is 0.370 e. The number of aliphatic imine (C=N–C) groups is 2. The van der Waals surface area contributed by atoms with Gasteiger partial charge in [-0.3, -0.25) is 4.99 Å². The number of allylic oxidation sites excluding steroid dienone is 1. The zero-order chi connectivity index (χ0) is 14.7. The number of hydrogen-bond acceptors (Lipinski definition) is 1. The van der Waals surface area contributed by atoms with Crippen molar-refractivity contribution in [1.82, 2.24) is 0 Å². The third-order valence-corrected chi connectivity index (χ3v) is 3.20. The maximum atomic E-state index is 13.5. The van der Waals surface area contributed by atoms with Crippen LogP contribution in [0, 0.1) is 12.7 Å². The van der Waals surface area contributed by atoms with Gasteiger partial charge in [-0.2, -0.15) is 4.99 Å². The van der Waals surface area contributed by atoms with Crippen molar-refractivity contribution >= 4 is 17.5 Å². The van der Waals surface area contributed by atoms with E-state index in [1.54, 1.807) is 13.0 Å². The van der Waals surface area contributed by atoms with E-state index >= 15 is 0 Å². The smallest absolute Gasteiger partial charge is 0.218 e. The van der Waals surface area contributed by atoms with Gasteiger partial charge in [-0.15, -0.1) is 0 Å². The molecule has 0 unspecified atom stereocenters. The number of aryl methyl sites for hydroxylation is 1. The summed E-state index contributed by atoms with van der Waals surface area (Å²) in [6.07, 6.45) is 3.57. The molecule has 0 heterocycles. The number of nitrogens with zero attached hydrogens (tertiary/aromatic N) is 2. The topological polar surface area (TPSA) is 103 Å². The Hall–Kier alpha value is -2.37. The van der Waals surface area contributed by atoms with Gasteiger partial charge in [-0.25, -0.2) is 4.39 Å². The van der Waals surface area contributed by atoms with E-state index in [0.29, 0.717) is 12.1 Å². The number of benzene rings is 1. The number of halogens is 1. The summed E-state index contributed by atoms with van der Waals surface area (Å²) in [5.74, 6) is -0.199. The van der Waals surface area contributed by atoms with Crippen LogP contribution in [0.4, 0.5) is 4.39 Å². The minimum absolute atomic E-state index is 0.0686. The van der Waals surface area contributed by atoms with Crippen molar-refractivity contribution in [2.24, 2.45) is 27.2 Å². The Morgan fingerprint density at radius 3 is 2.75 bits per heavy atom. The molecule has 1 aromatic rings. The molecule has 1 aliphatic carbocycles. The van der Waals surface area contributed by atoms with Crippen LogP contribution >= 0.6 is 0 Å². The molecule has 0 aliphatic heterocycles. The molecule has 0 atom stereocenters. The molecular weight excluding hydrogens is 257 g/mol. The molecule has 1 aliphatic rings. The molecule has 0 spiro atoms. The Kier molecular flexibility index (Phi) is 4.02. The molecule has 0 radical (unpaired) electrons. The fourth-order valence-corrected chi connectivity index (χ4v) is 2.23. The van der Waals surface area contributed by atoms with Crippen LogP contribution in [-0.2, 0) is 6.42 Å². The van der Waals surface area contributed by atoms with E-state index in [4.69, 9.17) is 17.2 Å². The molecule has 106 valence electrons. The van der Waals surface area contributed by atoms with E-state index in [1.807, 2.05) is 6.07 Å².